The van der Waals surface area contributed by atoms with E-state index in [2.05, 4.69) is 15.6 Å². The summed E-state index contributed by atoms with van der Waals surface area (Å²) in [6.07, 6.45) is -3.05. The molecule has 1 aliphatic rings. The Morgan fingerprint density at radius 1 is 1.23 bits per heavy atom. The van der Waals surface area contributed by atoms with Crippen LogP contribution in [0.3, 0.4) is 0 Å². The number of nitrogens with zero attached hydrogens (tertiary/aromatic N) is 5. The van der Waals surface area contributed by atoms with Crippen molar-refractivity contribution < 1.29 is 26.0 Å². The normalized spacial score (nSPS) is 18.0. The average molecular weight is 568 g/mol. The molecular formula is C25H29F4N7O2S. The predicted octanol–water partition coefficient (Wildman–Crippen LogP) is 3.99. The second-order valence-electron chi connectivity index (χ2n) is 9.25. The van der Waals surface area contributed by atoms with Crippen molar-refractivity contribution in [1.29, 1.82) is 5.41 Å². The van der Waals surface area contributed by atoms with Gasteiger partial charge in [0.25, 0.3) is 10.0 Å². The van der Waals surface area contributed by atoms with Crippen LogP contribution in [0.4, 0.5) is 17.6 Å². The van der Waals surface area contributed by atoms with E-state index in [9.17, 15) is 26.0 Å². The quantitative estimate of drug-likeness (QED) is 0.185. The molecule has 0 spiro atoms. The summed E-state index contributed by atoms with van der Waals surface area (Å²) in [6.45, 7) is 2.21. The summed E-state index contributed by atoms with van der Waals surface area (Å²) in [5, 5.41) is 15.9. The van der Waals surface area contributed by atoms with Gasteiger partial charge in [0, 0.05) is 44.5 Å². The molecule has 2 heterocycles. The van der Waals surface area contributed by atoms with E-state index >= 15 is 0 Å². The number of nitrogens with one attached hydrogen (secondary N) is 2. The van der Waals surface area contributed by atoms with Gasteiger partial charge in [-0.15, -0.1) is 0 Å². The predicted molar refractivity (Wildman–Crippen MR) is 141 cm³/mol. The van der Waals surface area contributed by atoms with E-state index in [-0.39, 0.29) is 38.4 Å². The molecule has 1 aliphatic heterocycles. The number of aromatic nitrogens is 2. The average Bonchev–Trinajstić information content (AvgIpc) is 3.29. The molecule has 0 radical (unpaired) electrons. The van der Waals surface area contributed by atoms with Crippen LogP contribution in [-0.2, 0) is 10.0 Å². The monoisotopic (exact) mass is 567 g/mol. The first-order valence-corrected chi connectivity index (χ1v) is 13.7. The van der Waals surface area contributed by atoms with E-state index in [0.717, 1.165) is 22.0 Å². The number of fused-ring (bicyclic) bond motifs is 1. The summed E-state index contributed by atoms with van der Waals surface area (Å²) in [5.74, 6) is -0.373. The van der Waals surface area contributed by atoms with Crippen LogP contribution in [0.15, 0.2) is 47.7 Å². The number of aryl methyl sites for hydroxylation is 1. The van der Waals surface area contributed by atoms with Gasteiger partial charge in [0.1, 0.15) is 5.82 Å². The number of hydrazone groups is 1. The van der Waals surface area contributed by atoms with Gasteiger partial charge in [-0.25, -0.2) is 17.5 Å². The molecule has 1 saturated heterocycles. The molecule has 14 heteroatoms. The van der Waals surface area contributed by atoms with E-state index in [1.54, 1.807) is 23.0 Å². The van der Waals surface area contributed by atoms with E-state index in [4.69, 9.17) is 5.41 Å². The molecule has 0 saturated carbocycles. The van der Waals surface area contributed by atoms with Gasteiger partial charge in [-0.2, -0.15) is 27.7 Å². The number of halogens is 4. The first-order valence-electron chi connectivity index (χ1n) is 12.2. The third-order valence-electron chi connectivity index (χ3n) is 6.70. The largest absolute Gasteiger partial charge is 0.389 e. The minimum atomic E-state index is -4.28. The van der Waals surface area contributed by atoms with Gasteiger partial charge in [0.15, 0.2) is 0 Å². The number of benzene rings is 2. The smallest absolute Gasteiger partial charge is 0.312 e. The highest BCUT2D eigenvalue weighted by Gasteiger charge is 2.37. The van der Waals surface area contributed by atoms with Crippen molar-refractivity contribution in [2.45, 2.75) is 32.0 Å². The molecule has 4 rings (SSSR count). The fourth-order valence-corrected chi connectivity index (χ4v) is 6.09. The number of piperazine rings is 1. The maximum atomic E-state index is 13.4. The van der Waals surface area contributed by atoms with Crippen molar-refractivity contribution in [2.75, 3.05) is 33.2 Å². The summed E-state index contributed by atoms with van der Waals surface area (Å²) in [4.78, 5) is 1.87. The summed E-state index contributed by atoms with van der Waals surface area (Å²) < 4.78 is 81.3. The van der Waals surface area contributed by atoms with Crippen LogP contribution in [0.5, 0.6) is 0 Å². The summed E-state index contributed by atoms with van der Waals surface area (Å²) in [6, 6.07) is 9.08. The SMILES string of the molecule is CN/N=C(\C=N)S(=O)(=O)N1CCN(CCCC(F)(F)F)C(c2cc3cnn(-c4ccc(F)cc4)c3cc2C)C1. The van der Waals surface area contributed by atoms with Crippen LogP contribution >= 0.6 is 0 Å². The van der Waals surface area contributed by atoms with Gasteiger partial charge < -0.3 is 10.8 Å². The highest BCUT2D eigenvalue weighted by atomic mass is 32.2. The van der Waals surface area contributed by atoms with Crippen molar-refractivity contribution in [3.05, 3.63) is 59.5 Å². The van der Waals surface area contributed by atoms with Gasteiger partial charge >= 0.3 is 6.18 Å². The molecule has 1 aromatic heterocycles. The fourth-order valence-electron chi connectivity index (χ4n) is 4.81. The van der Waals surface area contributed by atoms with Gasteiger partial charge in [0.2, 0.25) is 5.04 Å². The Balaban J connectivity index is 1.71. The first-order chi connectivity index (χ1) is 18.4. The van der Waals surface area contributed by atoms with Crippen molar-refractivity contribution in [1.82, 2.24) is 24.4 Å². The molecule has 0 aliphatic carbocycles. The van der Waals surface area contributed by atoms with Crippen molar-refractivity contribution >= 4 is 32.2 Å². The lowest BCUT2D eigenvalue weighted by atomic mass is 9.96. The number of hydrogen-bond acceptors (Lipinski definition) is 7. The minimum Gasteiger partial charge on any atom is -0.312 e. The molecule has 39 heavy (non-hydrogen) atoms. The van der Waals surface area contributed by atoms with E-state index in [0.29, 0.717) is 11.9 Å². The molecule has 2 aromatic carbocycles. The van der Waals surface area contributed by atoms with Crippen LogP contribution in [0, 0.1) is 18.2 Å². The Labute approximate surface area is 223 Å². The van der Waals surface area contributed by atoms with Crippen molar-refractivity contribution in [3.8, 4) is 5.69 Å². The molecule has 210 valence electrons. The Kier molecular flexibility index (Phi) is 8.37. The first kappa shape index (κ1) is 28.6. The molecular weight excluding hydrogens is 538 g/mol. The number of sulfonamides is 1. The highest BCUT2D eigenvalue weighted by Crippen LogP contribution is 2.33. The topological polar surface area (TPSA) is 107 Å². The van der Waals surface area contributed by atoms with Crippen LogP contribution in [0.2, 0.25) is 0 Å². The molecule has 3 aromatic rings. The second-order valence-corrected chi connectivity index (χ2v) is 11.1. The summed E-state index contributed by atoms with van der Waals surface area (Å²) in [5.41, 5.74) is 5.35. The number of alkyl halides is 3. The third kappa shape index (κ3) is 6.28. The van der Waals surface area contributed by atoms with Crippen LogP contribution in [0.1, 0.15) is 30.0 Å². The zero-order valence-corrected chi connectivity index (χ0v) is 22.2. The molecule has 1 unspecified atom stereocenters. The van der Waals surface area contributed by atoms with Gasteiger partial charge in [-0.05, 0) is 67.4 Å². The zero-order chi connectivity index (χ0) is 28.4. The van der Waals surface area contributed by atoms with Crippen LogP contribution in [0.25, 0.3) is 16.6 Å². The lowest BCUT2D eigenvalue weighted by molar-refractivity contribution is -0.136. The maximum Gasteiger partial charge on any atom is 0.389 e. The van der Waals surface area contributed by atoms with Crippen molar-refractivity contribution in [2.24, 2.45) is 5.10 Å². The standard InChI is InChI=1S/C25H29F4N7O2S/c1-17-12-22-18(15-32-36(22)20-6-4-19(26)5-7-20)13-21(17)23-16-35(39(37,38)24(14-30)33-31-2)11-10-34(23)9-3-8-25(27,28)29/h4-7,12-15,23,30-31H,3,8-11,16H2,1-2H3/b30-14?,33-24+. The zero-order valence-electron chi connectivity index (χ0n) is 21.4. The molecule has 0 amide bonds. The maximum absolute atomic E-state index is 13.4. The molecule has 2 N–H and O–H groups in total. The Hall–Kier alpha value is -3.36. The Morgan fingerprint density at radius 3 is 2.59 bits per heavy atom. The Morgan fingerprint density at radius 2 is 1.95 bits per heavy atom. The highest BCUT2D eigenvalue weighted by molar-refractivity contribution is 8.06. The third-order valence-corrected chi connectivity index (χ3v) is 8.44. The molecule has 1 atom stereocenters. The van der Waals surface area contributed by atoms with Crippen LogP contribution in [-0.4, -0.2) is 78.1 Å². The minimum absolute atomic E-state index is 0.0244. The van der Waals surface area contributed by atoms with Crippen molar-refractivity contribution in [3.63, 3.8) is 0 Å². The second kappa shape index (κ2) is 11.4. The Bertz CT molecular complexity index is 1470. The van der Waals surface area contributed by atoms with Gasteiger partial charge in [-0.1, -0.05) is 0 Å². The van der Waals surface area contributed by atoms with E-state index < -0.39 is 33.7 Å². The summed E-state index contributed by atoms with van der Waals surface area (Å²) >= 11 is 0. The number of hydrogen-bond donors (Lipinski definition) is 2. The number of rotatable bonds is 8. The van der Waals surface area contributed by atoms with Crippen LogP contribution < -0.4 is 5.43 Å². The molecule has 0 bridgehead atoms. The lowest BCUT2D eigenvalue weighted by Gasteiger charge is -2.41. The van der Waals surface area contributed by atoms with Gasteiger partial charge in [-0.3, -0.25) is 4.90 Å². The van der Waals surface area contributed by atoms with E-state index in [1.807, 2.05) is 24.0 Å². The lowest BCUT2D eigenvalue weighted by Crippen LogP contribution is -2.52. The molecule has 9 nitrogen and oxygen atoms in total. The fraction of sp³-hybridized carbons (Fsp3) is 0.400. The van der Waals surface area contributed by atoms with Gasteiger partial charge in [0.05, 0.1) is 23.6 Å². The summed E-state index contributed by atoms with van der Waals surface area (Å²) in [7, 11) is -2.69. The van der Waals surface area contributed by atoms with E-state index in [1.165, 1.54) is 23.5 Å². The molecule has 1 fully saturated rings.